The van der Waals surface area contributed by atoms with E-state index in [0.29, 0.717) is 11.1 Å². The van der Waals surface area contributed by atoms with Gasteiger partial charge >= 0.3 is 0 Å². The molecule has 0 aliphatic heterocycles. The fraction of sp³-hybridized carbons (Fsp3) is 0.0667. The van der Waals surface area contributed by atoms with Gasteiger partial charge in [-0.15, -0.1) is 10.2 Å². The Kier molecular flexibility index (Phi) is 4.06. The molecule has 0 aliphatic carbocycles. The van der Waals surface area contributed by atoms with E-state index >= 15 is 0 Å². The molecule has 0 radical (unpaired) electrons. The minimum absolute atomic E-state index is 0.0239. The largest absolute Gasteiger partial charge is 0.292 e. The number of nitrogens with zero attached hydrogens (tertiary/aromatic N) is 4. The third-order valence-electron chi connectivity index (χ3n) is 2.99. The van der Waals surface area contributed by atoms with Crippen LogP contribution in [-0.4, -0.2) is 26.0 Å². The molecule has 1 heterocycles. The zero-order valence-electron chi connectivity index (χ0n) is 11.3. The predicted molar refractivity (Wildman–Crippen MR) is 81.7 cm³/mol. The Bertz CT molecular complexity index is 816. The Morgan fingerprint density at radius 3 is 2.68 bits per heavy atom. The molecule has 0 N–H and O–H groups in total. The second-order valence-electron chi connectivity index (χ2n) is 4.58. The summed E-state index contributed by atoms with van der Waals surface area (Å²) in [5.41, 5.74) is 1.08. The van der Waals surface area contributed by atoms with E-state index < -0.39 is 0 Å². The standard InChI is InChI=1S/C15H10BrFN4O/c16-12-6-4-10(5-7-12)14(22)9-21-19-15(18-20-21)11-2-1-3-13(17)8-11/h1-8H,9H2. The normalized spacial score (nSPS) is 10.6. The lowest BCUT2D eigenvalue weighted by Crippen LogP contribution is -2.13. The van der Waals surface area contributed by atoms with Gasteiger partial charge in [-0.1, -0.05) is 40.2 Å². The van der Waals surface area contributed by atoms with E-state index in [4.69, 9.17) is 0 Å². The zero-order valence-corrected chi connectivity index (χ0v) is 12.9. The first-order valence-electron chi connectivity index (χ1n) is 6.44. The molecule has 0 saturated carbocycles. The van der Waals surface area contributed by atoms with Crippen LogP contribution in [0.3, 0.4) is 0 Å². The van der Waals surface area contributed by atoms with E-state index in [1.165, 1.54) is 16.9 Å². The number of hydrogen-bond acceptors (Lipinski definition) is 4. The lowest BCUT2D eigenvalue weighted by Gasteiger charge is -2.00. The van der Waals surface area contributed by atoms with Crippen molar-refractivity contribution in [1.82, 2.24) is 20.2 Å². The Hall–Kier alpha value is -2.41. The number of hydrogen-bond donors (Lipinski definition) is 0. The molecule has 1 aromatic heterocycles. The minimum Gasteiger partial charge on any atom is -0.292 e. The molecular weight excluding hydrogens is 351 g/mol. The van der Waals surface area contributed by atoms with Crippen molar-refractivity contribution in [3.8, 4) is 11.4 Å². The Morgan fingerprint density at radius 1 is 1.18 bits per heavy atom. The molecule has 0 saturated heterocycles. The maximum absolute atomic E-state index is 13.2. The topological polar surface area (TPSA) is 60.7 Å². The Morgan fingerprint density at radius 2 is 1.95 bits per heavy atom. The smallest absolute Gasteiger partial charge is 0.205 e. The van der Waals surface area contributed by atoms with Crippen molar-refractivity contribution in [1.29, 1.82) is 0 Å². The number of tetrazole rings is 1. The molecular formula is C15H10BrFN4O. The first kappa shape index (κ1) is 14.5. The lowest BCUT2D eigenvalue weighted by atomic mass is 10.1. The molecule has 110 valence electrons. The second-order valence-corrected chi connectivity index (χ2v) is 5.50. The van der Waals surface area contributed by atoms with Crippen LogP contribution in [0.15, 0.2) is 53.0 Å². The summed E-state index contributed by atoms with van der Waals surface area (Å²) in [6.07, 6.45) is 0. The van der Waals surface area contributed by atoms with Crippen LogP contribution >= 0.6 is 15.9 Å². The Balaban J connectivity index is 1.77. The van der Waals surface area contributed by atoms with Crippen molar-refractivity contribution >= 4 is 21.7 Å². The minimum atomic E-state index is -0.375. The van der Waals surface area contributed by atoms with Gasteiger partial charge in [-0.2, -0.15) is 4.80 Å². The van der Waals surface area contributed by atoms with E-state index in [1.54, 1.807) is 36.4 Å². The van der Waals surface area contributed by atoms with Gasteiger partial charge in [0.25, 0.3) is 0 Å². The SMILES string of the molecule is O=C(Cn1nnc(-c2cccc(F)c2)n1)c1ccc(Br)cc1. The van der Waals surface area contributed by atoms with Gasteiger partial charge in [0, 0.05) is 15.6 Å². The monoisotopic (exact) mass is 360 g/mol. The number of carbonyl (C=O) groups excluding carboxylic acids is 1. The molecule has 2 aromatic carbocycles. The second kappa shape index (κ2) is 6.15. The summed E-state index contributed by atoms with van der Waals surface area (Å²) < 4.78 is 14.1. The number of carbonyl (C=O) groups is 1. The maximum atomic E-state index is 13.2. The summed E-state index contributed by atoms with van der Waals surface area (Å²) >= 11 is 3.31. The Labute approximate surface area is 133 Å². The highest BCUT2D eigenvalue weighted by atomic mass is 79.9. The highest BCUT2D eigenvalue weighted by Gasteiger charge is 2.11. The van der Waals surface area contributed by atoms with Gasteiger partial charge in [0.05, 0.1) is 0 Å². The van der Waals surface area contributed by atoms with Crippen molar-refractivity contribution in [2.75, 3.05) is 0 Å². The summed E-state index contributed by atoms with van der Waals surface area (Å²) in [7, 11) is 0. The zero-order chi connectivity index (χ0) is 15.5. The number of benzene rings is 2. The average Bonchev–Trinajstić information content (AvgIpc) is 2.96. The number of ketones is 1. The molecule has 3 aromatic rings. The van der Waals surface area contributed by atoms with Crippen LogP contribution in [0.2, 0.25) is 0 Å². The molecule has 0 unspecified atom stereocenters. The van der Waals surface area contributed by atoms with Gasteiger partial charge in [-0.25, -0.2) is 4.39 Å². The summed E-state index contributed by atoms with van der Waals surface area (Å²) in [6.45, 7) is -0.0239. The number of Topliss-reactive ketones (excluding diaryl/α,β-unsaturated/α-hetero) is 1. The van der Waals surface area contributed by atoms with Crippen LogP contribution in [0.1, 0.15) is 10.4 Å². The van der Waals surface area contributed by atoms with E-state index in [1.807, 2.05) is 0 Å². The summed E-state index contributed by atoms with van der Waals surface area (Å²) in [5.74, 6) is -0.224. The molecule has 22 heavy (non-hydrogen) atoms. The van der Waals surface area contributed by atoms with Crippen LogP contribution in [-0.2, 0) is 6.54 Å². The highest BCUT2D eigenvalue weighted by Crippen LogP contribution is 2.15. The molecule has 7 heteroatoms. The van der Waals surface area contributed by atoms with E-state index in [0.717, 1.165) is 4.47 Å². The van der Waals surface area contributed by atoms with Gasteiger partial charge < -0.3 is 0 Å². The summed E-state index contributed by atoms with van der Waals surface area (Å²) in [5, 5.41) is 11.8. The predicted octanol–water partition coefficient (Wildman–Crippen LogP) is 3.12. The molecule has 0 bridgehead atoms. The van der Waals surface area contributed by atoms with Gasteiger partial charge in [-0.3, -0.25) is 4.79 Å². The van der Waals surface area contributed by atoms with Crippen molar-refractivity contribution in [2.24, 2.45) is 0 Å². The first-order chi connectivity index (χ1) is 10.6. The summed E-state index contributed by atoms with van der Waals surface area (Å²) in [4.78, 5) is 13.3. The van der Waals surface area contributed by atoms with E-state index in [9.17, 15) is 9.18 Å². The van der Waals surface area contributed by atoms with Crippen molar-refractivity contribution in [2.45, 2.75) is 6.54 Å². The maximum Gasteiger partial charge on any atom is 0.205 e. The third-order valence-corrected chi connectivity index (χ3v) is 3.52. The number of rotatable bonds is 4. The third kappa shape index (κ3) is 3.25. The molecule has 0 spiro atoms. The summed E-state index contributed by atoms with van der Waals surface area (Å²) in [6, 6.07) is 12.9. The van der Waals surface area contributed by atoms with Crippen LogP contribution in [0.5, 0.6) is 0 Å². The lowest BCUT2D eigenvalue weighted by molar-refractivity contribution is 0.0961. The van der Waals surface area contributed by atoms with Gasteiger partial charge in [-0.05, 0) is 29.5 Å². The van der Waals surface area contributed by atoms with Crippen LogP contribution < -0.4 is 0 Å². The number of aromatic nitrogens is 4. The van der Waals surface area contributed by atoms with Crippen molar-refractivity contribution in [3.63, 3.8) is 0 Å². The van der Waals surface area contributed by atoms with Crippen molar-refractivity contribution in [3.05, 3.63) is 64.4 Å². The van der Waals surface area contributed by atoms with E-state index in [2.05, 4.69) is 31.3 Å². The average molecular weight is 361 g/mol. The fourth-order valence-electron chi connectivity index (χ4n) is 1.91. The fourth-order valence-corrected chi connectivity index (χ4v) is 2.17. The van der Waals surface area contributed by atoms with Crippen LogP contribution in [0, 0.1) is 5.82 Å². The molecule has 0 fully saturated rings. The molecule has 5 nitrogen and oxygen atoms in total. The highest BCUT2D eigenvalue weighted by molar-refractivity contribution is 9.10. The van der Waals surface area contributed by atoms with E-state index in [-0.39, 0.29) is 24.0 Å². The van der Waals surface area contributed by atoms with Crippen LogP contribution in [0.25, 0.3) is 11.4 Å². The first-order valence-corrected chi connectivity index (χ1v) is 7.23. The van der Waals surface area contributed by atoms with Gasteiger partial charge in [0.2, 0.25) is 5.82 Å². The quantitative estimate of drug-likeness (QED) is 0.670. The molecule has 0 amide bonds. The van der Waals surface area contributed by atoms with Crippen LogP contribution in [0.4, 0.5) is 4.39 Å². The van der Waals surface area contributed by atoms with Gasteiger partial charge in [0.1, 0.15) is 12.4 Å². The van der Waals surface area contributed by atoms with Crippen molar-refractivity contribution < 1.29 is 9.18 Å². The molecule has 0 atom stereocenters. The molecule has 0 aliphatic rings. The van der Waals surface area contributed by atoms with Gasteiger partial charge in [0.15, 0.2) is 5.78 Å². The number of halogens is 2. The molecule has 3 rings (SSSR count).